The molecule has 0 unspecified atom stereocenters. The van der Waals surface area contributed by atoms with Crippen LogP contribution in [-0.2, 0) is 21.1 Å². The van der Waals surface area contributed by atoms with Gasteiger partial charge in [-0.1, -0.05) is 24.3 Å². The van der Waals surface area contributed by atoms with E-state index in [1.807, 2.05) is 0 Å². The number of hydrogen-bond donors (Lipinski definition) is 0. The molecule has 5 heteroatoms. The maximum Gasteiger partial charge on any atom is 0.223 e. The molecule has 1 atom stereocenters. The first-order valence-corrected chi connectivity index (χ1v) is 11.0. The van der Waals surface area contributed by atoms with E-state index < -0.39 is 9.84 Å². The zero-order valence-electron chi connectivity index (χ0n) is 14.2. The molecule has 130 valence electrons. The SMILES string of the molecule is CS(=O)(=O)CC1(CC(=O)N(C2CC2)[C@H]2CCc3ccccc32)CC1. The Morgan fingerprint density at radius 2 is 1.92 bits per heavy atom. The molecule has 2 fully saturated rings. The van der Waals surface area contributed by atoms with E-state index in [1.165, 1.54) is 17.4 Å². The number of carbonyl (C=O) groups is 1. The van der Waals surface area contributed by atoms with Crippen LogP contribution < -0.4 is 0 Å². The Morgan fingerprint density at radius 1 is 1.21 bits per heavy atom. The Labute approximate surface area is 144 Å². The van der Waals surface area contributed by atoms with Crippen LogP contribution in [0.3, 0.4) is 0 Å². The van der Waals surface area contributed by atoms with Crippen LogP contribution in [0.1, 0.15) is 55.7 Å². The molecule has 1 aromatic rings. The lowest BCUT2D eigenvalue weighted by molar-refractivity contribution is -0.135. The summed E-state index contributed by atoms with van der Waals surface area (Å²) in [7, 11) is -3.03. The van der Waals surface area contributed by atoms with E-state index in [0.717, 1.165) is 38.5 Å². The smallest absolute Gasteiger partial charge is 0.223 e. The van der Waals surface area contributed by atoms with Crippen molar-refractivity contribution in [3.05, 3.63) is 35.4 Å². The number of amides is 1. The number of rotatable bonds is 6. The summed E-state index contributed by atoms with van der Waals surface area (Å²) in [4.78, 5) is 15.2. The molecule has 4 nitrogen and oxygen atoms in total. The van der Waals surface area contributed by atoms with Gasteiger partial charge in [-0.15, -0.1) is 0 Å². The van der Waals surface area contributed by atoms with E-state index in [1.54, 1.807) is 0 Å². The summed E-state index contributed by atoms with van der Waals surface area (Å²) in [6.45, 7) is 0. The fourth-order valence-corrected chi connectivity index (χ4v) is 5.83. The molecule has 1 amide bonds. The van der Waals surface area contributed by atoms with Crippen molar-refractivity contribution < 1.29 is 13.2 Å². The van der Waals surface area contributed by atoms with Gasteiger partial charge in [-0.25, -0.2) is 8.42 Å². The Bertz CT molecular complexity index is 763. The maximum absolute atomic E-state index is 13.1. The standard InChI is InChI=1S/C19H25NO3S/c1-24(22,23)13-19(10-11-19)12-18(21)20(15-7-8-15)17-9-6-14-4-2-3-5-16(14)17/h2-5,15,17H,6-13H2,1H3/t17-/m0/s1. The lowest BCUT2D eigenvalue weighted by Crippen LogP contribution is -2.38. The van der Waals surface area contributed by atoms with Gasteiger partial charge in [0.2, 0.25) is 5.91 Å². The van der Waals surface area contributed by atoms with Gasteiger partial charge in [-0.3, -0.25) is 4.79 Å². The van der Waals surface area contributed by atoms with Crippen LogP contribution in [0.5, 0.6) is 0 Å². The predicted molar refractivity (Wildman–Crippen MR) is 93.4 cm³/mol. The molecule has 0 aliphatic heterocycles. The van der Waals surface area contributed by atoms with Crippen molar-refractivity contribution in [2.75, 3.05) is 12.0 Å². The molecule has 4 rings (SSSR count). The topological polar surface area (TPSA) is 54.5 Å². The fourth-order valence-electron chi connectivity index (χ4n) is 4.33. The number of sulfone groups is 1. The van der Waals surface area contributed by atoms with E-state index in [9.17, 15) is 13.2 Å². The predicted octanol–water partition coefficient (Wildman–Crippen LogP) is 2.88. The van der Waals surface area contributed by atoms with Crippen LogP contribution in [0.25, 0.3) is 0 Å². The summed E-state index contributed by atoms with van der Waals surface area (Å²) < 4.78 is 23.4. The molecule has 0 radical (unpaired) electrons. The first kappa shape index (κ1) is 16.1. The third kappa shape index (κ3) is 3.23. The van der Waals surface area contributed by atoms with Gasteiger partial charge in [0.15, 0.2) is 0 Å². The van der Waals surface area contributed by atoms with Crippen LogP contribution >= 0.6 is 0 Å². The minimum atomic E-state index is -3.03. The molecule has 2 saturated carbocycles. The minimum Gasteiger partial charge on any atom is -0.333 e. The third-order valence-electron chi connectivity index (χ3n) is 5.72. The Balaban J connectivity index is 1.53. The van der Waals surface area contributed by atoms with Gasteiger partial charge in [0.25, 0.3) is 0 Å². The van der Waals surface area contributed by atoms with Gasteiger partial charge in [0.05, 0.1) is 11.8 Å². The molecule has 24 heavy (non-hydrogen) atoms. The Morgan fingerprint density at radius 3 is 2.54 bits per heavy atom. The fraction of sp³-hybridized carbons (Fsp3) is 0.632. The molecule has 3 aliphatic carbocycles. The van der Waals surface area contributed by atoms with E-state index in [0.29, 0.717) is 12.5 Å². The van der Waals surface area contributed by atoms with Crippen molar-refractivity contribution in [1.29, 1.82) is 0 Å². The number of hydrogen-bond acceptors (Lipinski definition) is 3. The van der Waals surface area contributed by atoms with Gasteiger partial charge in [0.1, 0.15) is 9.84 Å². The van der Waals surface area contributed by atoms with Crippen LogP contribution in [0, 0.1) is 5.41 Å². The maximum atomic E-state index is 13.1. The summed E-state index contributed by atoms with van der Waals surface area (Å²) in [5.41, 5.74) is 2.37. The first-order valence-electron chi connectivity index (χ1n) is 8.94. The average Bonchev–Trinajstić information content (AvgIpc) is 3.40. The highest BCUT2D eigenvalue weighted by molar-refractivity contribution is 7.90. The number of benzene rings is 1. The quantitative estimate of drug-likeness (QED) is 0.795. The van der Waals surface area contributed by atoms with Gasteiger partial charge in [0, 0.05) is 18.7 Å². The molecular weight excluding hydrogens is 322 g/mol. The van der Waals surface area contributed by atoms with Crippen molar-refractivity contribution in [3.63, 3.8) is 0 Å². The second kappa shape index (κ2) is 5.58. The zero-order chi connectivity index (χ0) is 16.9. The van der Waals surface area contributed by atoms with E-state index >= 15 is 0 Å². The number of fused-ring (bicyclic) bond motifs is 1. The highest BCUT2D eigenvalue weighted by atomic mass is 32.2. The van der Waals surface area contributed by atoms with Gasteiger partial charge in [-0.05, 0) is 55.1 Å². The summed E-state index contributed by atoms with van der Waals surface area (Å²) in [5.74, 6) is 0.325. The van der Waals surface area contributed by atoms with Crippen molar-refractivity contribution in [1.82, 2.24) is 4.90 Å². The van der Waals surface area contributed by atoms with Crippen molar-refractivity contribution >= 4 is 15.7 Å². The number of carbonyl (C=O) groups excluding carboxylic acids is 1. The Kier molecular flexibility index (Phi) is 3.75. The minimum absolute atomic E-state index is 0.158. The summed E-state index contributed by atoms with van der Waals surface area (Å²) in [6.07, 6.45) is 7.62. The third-order valence-corrected chi connectivity index (χ3v) is 6.85. The van der Waals surface area contributed by atoms with Gasteiger partial charge >= 0.3 is 0 Å². The second-order valence-corrected chi connectivity index (χ2v) is 10.2. The molecule has 0 aromatic heterocycles. The van der Waals surface area contributed by atoms with Crippen molar-refractivity contribution in [2.24, 2.45) is 5.41 Å². The van der Waals surface area contributed by atoms with Crippen LogP contribution in [0.15, 0.2) is 24.3 Å². The van der Waals surface area contributed by atoms with Crippen LogP contribution in [-0.4, -0.2) is 37.3 Å². The number of aryl methyl sites for hydroxylation is 1. The zero-order valence-corrected chi connectivity index (χ0v) is 15.0. The van der Waals surface area contributed by atoms with Gasteiger partial charge in [-0.2, -0.15) is 0 Å². The summed E-state index contributed by atoms with van der Waals surface area (Å²) in [5, 5.41) is 0. The summed E-state index contributed by atoms with van der Waals surface area (Å²) in [6, 6.07) is 8.99. The molecule has 0 heterocycles. The molecule has 3 aliphatic rings. The molecule has 0 saturated heterocycles. The van der Waals surface area contributed by atoms with E-state index in [4.69, 9.17) is 0 Å². The Hall–Kier alpha value is -1.36. The molecule has 0 N–H and O–H groups in total. The highest BCUT2D eigenvalue weighted by Crippen LogP contribution is 2.51. The monoisotopic (exact) mass is 347 g/mol. The molecule has 0 spiro atoms. The molecule has 1 aromatic carbocycles. The lowest BCUT2D eigenvalue weighted by Gasteiger charge is -2.31. The highest BCUT2D eigenvalue weighted by Gasteiger charge is 2.49. The van der Waals surface area contributed by atoms with Crippen LogP contribution in [0.2, 0.25) is 0 Å². The molecular formula is C19H25NO3S. The van der Waals surface area contributed by atoms with Crippen molar-refractivity contribution in [3.8, 4) is 0 Å². The normalized spacial score (nSPS) is 24.5. The largest absolute Gasteiger partial charge is 0.333 e. The average molecular weight is 347 g/mol. The van der Waals surface area contributed by atoms with E-state index in [2.05, 4.69) is 29.2 Å². The van der Waals surface area contributed by atoms with E-state index in [-0.39, 0.29) is 23.1 Å². The first-order chi connectivity index (χ1) is 11.4. The van der Waals surface area contributed by atoms with Gasteiger partial charge < -0.3 is 4.90 Å². The number of nitrogens with zero attached hydrogens (tertiary/aromatic N) is 1. The lowest BCUT2D eigenvalue weighted by atomic mass is 10.0. The van der Waals surface area contributed by atoms with Crippen molar-refractivity contribution in [2.45, 2.75) is 57.0 Å². The summed E-state index contributed by atoms with van der Waals surface area (Å²) >= 11 is 0. The van der Waals surface area contributed by atoms with Crippen LogP contribution in [0.4, 0.5) is 0 Å². The second-order valence-electron chi connectivity index (χ2n) is 8.03. The molecule has 0 bridgehead atoms.